The van der Waals surface area contributed by atoms with Crippen LogP contribution < -0.4 is 5.73 Å². The normalized spacial score (nSPS) is 14.2. The summed E-state index contributed by atoms with van der Waals surface area (Å²) in [5.74, 6) is -0.382. The fourth-order valence-electron chi connectivity index (χ4n) is 2.57. The predicted octanol–water partition coefficient (Wildman–Crippen LogP) is 1.95. The van der Waals surface area contributed by atoms with E-state index < -0.39 is 5.41 Å². The van der Waals surface area contributed by atoms with Crippen LogP contribution in [-0.2, 0) is 18.9 Å². The number of hydrogen-bond donors (Lipinski definition) is 2. The zero-order valence-corrected chi connectivity index (χ0v) is 12.9. The van der Waals surface area contributed by atoms with Gasteiger partial charge in [-0.2, -0.15) is 5.10 Å². The molecule has 2 aromatic rings. The molecule has 1 aromatic carbocycles. The van der Waals surface area contributed by atoms with Crippen LogP contribution >= 0.6 is 11.6 Å². The molecule has 0 aliphatic heterocycles. The van der Waals surface area contributed by atoms with Crippen LogP contribution in [0, 0.1) is 12.7 Å². The highest BCUT2D eigenvalue weighted by molar-refractivity contribution is 6.31. The van der Waals surface area contributed by atoms with Gasteiger partial charge in [-0.3, -0.25) is 4.68 Å². The van der Waals surface area contributed by atoms with Gasteiger partial charge in [0, 0.05) is 25.4 Å². The molecule has 1 heterocycles. The van der Waals surface area contributed by atoms with Gasteiger partial charge in [-0.15, -0.1) is 0 Å². The molecule has 0 bridgehead atoms. The van der Waals surface area contributed by atoms with Gasteiger partial charge in [0.15, 0.2) is 0 Å². The van der Waals surface area contributed by atoms with E-state index in [9.17, 15) is 9.50 Å². The first-order valence-electron chi connectivity index (χ1n) is 6.69. The van der Waals surface area contributed by atoms with Gasteiger partial charge in [0.05, 0.1) is 23.0 Å². The van der Waals surface area contributed by atoms with Gasteiger partial charge in [0.2, 0.25) is 0 Å². The third-order valence-electron chi connectivity index (χ3n) is 3.91. The Balaban J connectivity index is 2.51. The fraction of sp³-hybridized carbons (Fsp3) is 0.400. The van der Waals surface area contributed by atoms with E-state index in [-0.39, 0.29) is 19.0 Å². The van der Waals surface area contributed by atoms with Gasteiger partial charge >= 0.3 is 0 Å². The SMILES string of the molecule is Cc1nn(C)c(CC(CN)(CO)c2ccccc2F)c1Cl. The Hall–Kier alpha value is -1.43. The average molecular weight is 312 g/mol. The predicted molar refractivity (Wildman–Crippen MR) is 80.9 cm³/mol. The molecule has 0 saturated carbocycles. The molecule has 0 radical (unpaired) electrons. The maximum atomic E-state index is 14.1. The number of halogens is 2. The van der Waals surface area contributed by atoms with Crippen molar-refractivity contribution in [2.75, 3.05) is 13.2 Å². The number of aromatic nitrogens is 2. The number of nitrogens with zero attached hydrogens (tertiary/aromatic N) is 2. The largest absolute Gasteiger partial charge is 0.395 e. The first-order valence-corrected chi connectivity index (χ1v) is 7.07. The third-order valence-corrected chi connectivity index (χ3v) is 4.40. The van der Waals surface area contributed by atoms with E-state index in [1.54, 1.807) is 36.9 Å². The van der Waals surface area contributed by atoms with E-state index in [2.05, 4.69) is 5.10 Å². The van der Waals surface area contributed by atoms with Crippen molar-refractivity contribution in [1.82, 2.24) is 9.78 Å². The molecule has 0 aliphatic rings. The van der Waals surface area contributed by atoms with Crippen molar-refractivity contribution in [3.8, 4) is 0 Å². The maximum Gasteiger partial charge on any atom is 0.127 e. The van der Waals surface area contributed by atoms with Crippen molar-refractivity contribution < 1.29 is 9.50 Å². The minimum absolute atomic E-state index is 0.102. The minimum Gasteiger partial charge on any atom is -0.395 e. The maximum absolute atomic E-state index is 14.1. The molecule has 0 saturated heterocycles. The molecule has 0 aliphatic carbocycles. The molecular formula is C15H19ClFN3O. The summed E-state index contributed by atoms with van der Waals surface area (Å²) in [6.45, 7) is 1.63. The summed E-state index contributed by atoms with van der Waals surface area (Å²) in [5, 5.41) is 14.7. The van der Waals surface area contributed by atoms with Crippen LogP contribution in [0.15, 0.2) is 24.3 Å². The monoisotopic (exact) mass is 311 g/mol. The lowest BCUT2D eigenvalue weighted by molar-refractivity contribution is 0.190. The Morgan fingerprint density at radius 1 is 1.43 bits per heavy atom. The van der Waals surface area contributed by atoms with Crippen molar-refractivity contribution in [3.05, 3.63) is 52.1 Å². The highest BCUT2D eigenvalue weighted by Gasteiger charge is 2.35. The van der Waals surface area contributed by atoms with E-state index >= 15 is 0 Å². The van der Waals surface area contributed by atoms with Gasteiger partial charge in [-0.25, -0.2) is 4.39 Å². The molecule has 21 heavy (non-hydrogen) atoms. The van der Waals surface area contributed by atoms with Crippen LogP contribution in [0.2, 0.25) is 5.02 Å². The topological polar surface area (TPSA) is 64.1 Å². The average Bonchev–Trinajstić information content (AvgIpc) is 2.71. The first kappa shape index (κ1) is 15.9. The van der Waals surface area contributed by atoms with Gasteiger partial charge in [-0.1, -0.05) is 29.8 Å². The summed E-state index contributed by atoms with van der Waals surface area (Å²) in [7, 11) is 1.77. The Kier molecular flexibility index (Phi) is 4.66. The zero-order valence-electron chi connectivity index (χ0n) is 12.1. The number of benzene rings is 1. The Bertz CT molecular complexity index is 638. The molecule has 0 fully saturated rings. The standard InChI is InChI=1S/C15H19ClFN3O/c1-10-14(16)13(20(2)19-10)7-15(8-18,9-21)11-5-3-4-6-12(11)17/h3-6,21H,7-9,18H2,1-2H3. The number of aryl methyl sites for hydroxylation is 2. The van der Waals surface area contributed by atoms with E-state index in [1.165, 1.54) is 6.07 Å². The van der Waals surface area contributed by atoms with Crippen molar-refractivity contribution in [1.29, 1.82) is 0 Å². The van der Waals surface area contributed by atoms with Crippen LogP contribution in [0.25, 0.3) is 0 Å². The Morgan fingerprint density at radius 3 is 2.57 bits per heavy atom. The second-order valence-electron chi connectivity index (χ2n) is 5.27. The summed E-state index contributed by atoms with van der Waals surface area (Å²) in [4.78, 5) is 0. The van der Waals surface area contributed by atoms with Crippen molar-refractivity contribution in [2.45, 2.75) is 18.8 Å². The number of aliphatic hydroxyl groups excluding tert-OH is 1. The number of nitrogens with two attached hydrogens (primary N) is 1. The third kappa shape index (κ3) is 2.81. The smallest absolute Gasteiger partial charge is 0.127 e. The molecule has 6 heteroatoms. The first-order chi connectivity index (χ1) is 9.95. The van der Waals surface area contributed by atoms with Gasteiger partial charge in [0.25, 0.3) is 0 Å². The molecule has 2 rings (SSSR count). The fourth-order valence-corrected chi connectivity index (χ4v) is 2.79. The molecule has 1 aromatic heterocycles. The Labute approximate surface area is 128 Å². The van der Waals surface area contributed by atoms with Crippen LogP contribution in [0.5, 0.6) is 0 Å². The second kappa shape index (κ2) is 6.13. The van der Waals surface area contributed by atoms with Crippen LogP contribution in [0.3, 0.4) is 0 Å². The van der Waals surface area contributed by atoms with Crippen molar-refractivity contribution in [2.24, 2.45) is 12.8 Å². The van der Waals surface area contributed by atoms with Crippen LogP contribution in [0.1, 0.15) is 17.0 Å². The van der Waals surface area contributed by atoms with Crippen molar-refractivity contribution >= 4 is 11.6 Å². The highest BCUT2D eigenvalue weighted by atomic mass is 35.5. The van der Waals surface area contributed by atoms with Crippen molar-refractivity contribution in [3.63, 3.8) is 0 Å². The number of rotatable bonds is 5. The lowest BCUT2D eigenvalue weighted by atomic mass is 9.77. The van der Waals surface area contributed by atoms with Crippen LogP contribution in [0.4, 0.5) is 4.39 Å². The van der Waals surface area contributed by atoms with Gasteiger partial charge < -0.3 is 10.8 Å². The zero-order chi connectivity index (χ0) is 15.6. The summed E-state index contributed by atoms with van der Waals surface area (Å²) >= 11 is 6.26. The lowest BCUT2D eigenvalue weighted by Crippen LogP contribution is -2.42. The molecule has 0 spiro atoms. The Morgan fingerprint density at radius 2 is 2.10 bits per heavy atom. The summed E-state index contributed by atoms with van der Waals surface area (Å²) in [6, 6.07) is 6.36. The number of hydrogen-bond acceptors (Lipinski definition) is 3. The molecule has 1 unspecified atom stereocenters. The summed E-state index contributed by atoms with van der Waals surface area (Å²) < 4.78 is 15.8. The molecule has 3 N–H and O–H groups in total. The van der Waals surface area contributed by atoms with E-state index in [0.29, 0.717) is 22.7 Å². The number of aliphatic hydroxyl groups is 1. The van der Waals surface area contributed by atoms with Crippen LogP contribution in [-0.4, -0.2) is 28.0 Å². The van der Waals surface area contributed by atoms with E-state index in [1.807, 2.05) is 0 Å². The van der Waals surface area contributed by atoms with E-state index in [0.717, 1.165) is 5.69 Å². The van der Waals surface area contributed by atoms with Gasteiger partial charge in [-0.05, 0) is 18.6 Å². The lowest BCUT2D eigenvalue weighted by Gasteiger charge is -2.31. The summed E-state index contributed by atoms with van der Waals surface area (Å²) in [6.07, 6.45) is 0.317. The molecule has 4 nitrogen and oxygen atoms in total. The quantitative estimate of drug-likeness (QED) is 0.887. The molecular weight excluding hydrogens is 293 g/mol. The molecule has 0 amide bonds. The second-order valence-corrected chi connectivity index (χ2v) is 5.65. The van der Waals surface area contributed by atoms with E-state index in [4.69, 9.17) is 17.3 Å². The summed E-state index contributed by atoms with van der Waals surface area (Å²) in [5.41, 5.74) is 6.78. The highest BCUT2D eigenvalue weighted by Crippen LogP contribution is 2.32. The minimum atomic E-state index is -0.921. The molecule has 1 atom stereocenters. The van der Waals surface area contributed by atoms with Gasteiger partial charge in [0.1, 0.15) is 5.82 Å². The molecule has 114 valence electrons.